The van der Waals surface area contributed by atoms with Gasteiger partial charge in [-0.3, -0.25) is 0 Å². The van der Waals surface area contributed by atoms with E-state index in [4.69, 9.17) is 33.1 Å². The normalized spacial score (nSPS) is 12.8. The summed E-state index contributed by atoms with van der Waals surface area (Å²) in [6.45, 7) is 1.03. The van der Waals surface area contributed by atoms with Crippen molar-refractivity contribution in [1.82, 2.24) is 4.90 Å². The summed E-state index contributed by atoms with van der Waals surface area (Å²) in [7, 11) is -0.0366. The maximum atomic E-state index is 13.0. The first kappa shape index (κ1) is 22.7. The molecular weight excluding hydrogens is 428 g/mol. The summed E-state index contributed by atoms with van der Waals surface area (Å²) in [5.74, 6) is 0.183. The topological polar surface area (TPSA) is 84.7 Å². The van der Waals surface area contributed by atoms with Gasteiger partial charge in [0.15, 0.2) is 0 Å². The van der Waals surface area contributed by atoms with Crippen molar-refractivity contribution in [3.63, 3.8) is 0 Å². The Bertz CT molecular complexity index is 886. The lowest BCUT2D eigenvalue weighted by Crippen LogP contribution is -2.31. The van der Waals surface area contributed by atoms with Crippen LogP contribution in [0.3, 0.4) is 0 Å². The number of nitrogens with zero attached hydrogens (tertiary/aromatic N) is 1. The SMILES string of the molecule is CN(C)CC[C@H](COc1ccc(F)cc1)Nc1c(Cl)cc(S(N)(=O)=O)cc1Cl. The predicted octanol–water partition coefficient (Wildman–Crippen LogP) is 3.59. The number of sulfonamides is 1. The Balaban J connectivity index is 2.18. The number of anilines is 1. The van der Waals surface area contributed by atoms with Gasteiger partial charge in [0.2, 0.25) is 10.0 Å². The van der Waals surface area contributed by atoms with E-state index in [2.05, 4.69) is 5.32 Å². The minimum absolute atomic E-state index is 0.133. The van der Waals surface area contributed by atoms with Gasteiger partial charge in [0.25, 0.3) is 0 Å². The van der Waals surface area contributed by atoms with Crippen molar-refractivity contribution in [3.8, 4) is 5.75 Å². The number of halogens is 3. The lowest BCUT2D eigenvalue weighted by atomic mass is 10.2. The van der Waals surface area contributed by atoms with Crippen molar-refractivity contribution >= 4 is 38.9 Å². The molecule has 0 amide bonds. The average Bonchev–Trinajstić information content (AvgIpc) is 2.60. The van der Waals surface area contributed by atoms with Gasteiger partial charge in [0.05, 0.1) is 26.7 Å². The Morgan fingerprint density at radius 2 is 1.75 bits per heavy atom. The van der Waals surface area contributed by atoms with Crippen LogP contribution in [-0.4, -0.2) is 46.6 Å². The van der Waals surface area contributed by atoms with E-state index in [0.717, 1.165) is 6.54 Å². The lowest BCUT2D eigenvalue weighted by molar-refractivity contribution is 0.276. The second kappa shape index (κ2) is 9.76. The molecule has 0 spiro atoms. The summed E-state index contributed by atoms with van der Waals surface area (Å²) in [6, 6.07) is 8.01. The molecular formula is C18H22Cl2FN3O3S. The number of hydrogen-bond acceptors (Lipinski definition) is 5. The van der Waals surface area contributed by atoms with Crippen LogP contribution in [0, 0.1) is 5.82 Å². The van der Waals surface area contributed by atoms with Gasteiger partial charge in [0.1, 0.15) is 18.2 Å². The zero-order chi connectivity index (χ0) is 20.9. The van der Waals surface area contributed by atoms with E-state index in [1.54, 1.807) is 12.1 Å². The van der Waals surface area contributed by atoms with Gasteiger partial charge in [-0.2, -0.15) is 0 Å². The van der Waals surface area contributed by atoms with Gasteiger partial charge in [0, 0.05) is 0 Å². The Kier molecular flexibility index (Phi) is 7.91. The van der Waals surface area contributed by atoms with Crippen molar-refractivity contribution in [1.29, 1.82) is 0 Å². The first-order chi connectivity index (χ1) is 13.1. The molecule has 1 atom stereocenters. The molecule has 0 saturated carbocycles. The molecule has 0 aliphatic rings. The summed E-state index contributed by atoms with van der Waals surface area (Å²) in [5.41, 5.74) is 0.391. The molecule has 0 aromatic heterocycles. The van der Waals surface area contributed by atoms with Gasteiger partial charge >= 0.3 is 0 Å². The summed E-state index contributed by atoms with van der Waals surface area (Å²) in [6.07, 6.45) is 0.692. The molecule has 0 heterocycles. The highest BCUT2D eigenvalue weighted by Crippen LogP contribution is 2.34. The molecule has 0 saturated heterocycles. The van der Waals surface area contributed by atoms with Crippen molar-refractivity contribution in [2.75, 3.05) is 32.6 Å². The number of nitrogens with two attached hydrogens (primary N) is 1. The van der Waals surface area contributed by atoms with Crippen molar-refractivity contribution in [3.05, 3.63) is 52.3 Å². The van der Waals surface area contributed by atoms with Crippen molar-refractivity contribution in [2.45, 2.75) is 17.4 Å². The second-order valence-corrected chi connectivity index (χ2v) is 8.88. The molecule has 0 aliphatic carbocycles. The Labute approximate surface area is 174 Å². The lowest BCUT2D eigenvalue weighted by Gasteiger charge is -2.23. The largest absolute Gasteiger partial charge is 0.491 e. The van der Waals surface area contributed by atoms with Gasteiger partial charge in [-0.05, 0) is 63.5 Å². The van der Waals surface area contributed by atoms with E-state index in [0.29, 0.717) is 17.9 Å². The highest BCUT2D eigenvalue weighted by molar-refractivity contribution is 7.89. The van der Waals surface area contributed by atoms with E-state index < -0.39 is 10.0 Å². The third kappa shape index (κ3) is 6.79. The molecule has 2 aromatic carbocycles. The predicted molar refractivity (Wildman–Crippen MR) is 110 cm³/mol. The maximum Gasteiger partial charge on any atom is 0.238 e. The molecule has 154 valence electrons. The van der Waals surface area contributed by atoms with E-state index in [1.165, 1.54) is 24.3 Å². The summed E-state index contributed by atoms with van der Waals surface area (Å²) >= 11 is 12.4. The number of benzene rings is 2. The molecule has 0 unspecified atom stereocenters. The summed E-state index contributed by atoms with van der Waals surface area (Å²) < 4.78 is 41.8. The zero-order valence-electron chi connectivity index (χ0n) is 15.5. The summed E-state index contributed by atoms with van der Waals surface area (Å²) in [5, 5.41) is 8.60. The third-order valence-electron chi connectivity index (χ3n) is 3.88. The van der Waals surface area contributed by atoms with Gasteiger partial charge in [-0.15, -0.1) is 0 Å². The fourth-order valence-corrected chi connectivity index (χ4v) is 3.68. The monoisotopic (exact) mass is 449 g/mol. The highest BCUT2D eigenvalue weighted by Gasteiger charge is 2.18. The molecule has 3 N–H and O–H groups in total. The molecule has 6 nitrogen and oxygen atoms in total. The van der Waals surface area contributed by atoms with Gasteiger partial charge < -0.3 is 15.0 Å². The number of rotatable bonds is 9. The fourth-order valence-electron chi connectivity index (χ4n) is 2.40. The number of ether oxygens (including phenoxy) is 1. The van der Waals surface area contributed by atoms with Crippen LogP contribution in [0.15, 0.2) is 41.3 Å². The second-order valence-electron chi connectivity index (χ2n) is 6.51. The molecule has 10 heteroatoms. The van der Waals surface area contributed by atoms with Crippen LogP contribution in [0.25, 0.3) is 0 Å². The summed E-state index contributed by atoms with van der Waals surface area (Å²) in [4.78, 5) is 1.85. The number of nitrogens with one attached hydrogen (secondary N) is 1. The molecule has 0 fully saturated rings. The zero-order valence-corrected chi connectivity index (χ0v) is 17.8. The standard InChI is InChI=1S/C18H22Cl2FN3O3S/c1-24(2)8-7-13(11-27-14-5-3-12(21)4-6-14)23-18-16(19)9-15(10-17(18)20)28(22,25)26/h3-6,9-10,13,23H,7-8,11H2,1-2H3,(H2,22,25,26)/t13-/m1/s1. The quantitative estimate of drug-likeness (QED) is 0.610. The third-order valence-corrected chi connectivity index (χ3v) is 5.37. The molecule has 28 heavy (non-hydrogen) atoms. The van der Waals surface area contributed by atoms with Crippen LogP contribution >= 0.6 is 23.2 Å². The van der Waals surface area contributed by atoms with Crippen molar-refractivity contribution < 1.29 is 17.5 Å². The Morgan fingerprint density at radius 3 is 2.25 bits per heavy atom. The van der Waals surface area contributed by atoms with Crippen LogP contribution in [0.1, 0.15) is 6.42 Å². The fraction of sp³-hybridized carbons (Fsp3) is 0.333. The van der Waals surface area contributed by atoms with Crippen LogP contribution in [0.4, 0.5) is 10.1 Å². The average molecular weight is 450 g/mol. The van der Waals surface area contributed by atoms with Crippen LogP contribution in [0.5, 0.6) is 5.75 Å². The molecule has 0 aliphatic heterocycles. The Hall–Kier alpha value is -1.58. The van der Waals surface area contributed by atoms with Gasteiger partial charge in [-0.1, -0.05) is 23.2 Å². The first-order valence-electron chi connectivity index (χ1n) is 8.37. The molecule has 0 radical (unpaired) electrons. The van der Waals surface area contributed by atoms with Gasteiger partial charge in [-0.25, -0.2) is 17.9 Å². The van der Waals surface area contributed by atoms with E-state index in [9.17, 15) is 12.8 Å². The minimum atomic E-state index is -3.92. The smallest absolute Gasteiger partial charge is 0.238 e. The van der Waals surface area contributed by atoms with Crippen molar-refractivity contribution in [2.24, 2.45) is 5.14 Å². The van der Waals surface area contributed by atoms with E-state index >= 15 is 0 Å². The van der Waals surface area contributed by atoms with E-state index in [1.807, 2.05) is 19.0 Å². The van der Waals surface area contributed by atoms with Crippen LogP contribution in [-0.2, 0) is 10.0 Å². The van der Waals surface area contributed by atoms with Crippen LogP contribution in [0.2, 0.25) is 10.0 Å². The molecule has 2 rings (SSSR count). The molecule has 2 aromatic rings. The highest BCUT2D eigenvalue weighted by atomic mass is 35.5. The minimum Gasteiger partial charge on any atom is -0.491 e. The Morgan fingerprint density at radius 1 is 1.18 bits per heavy atom. The number of primary sulfonamides is 1. The first-order valence-corrected chi connectivity index (χ1v) is 10.7. The maximum absolute atomic E-state index is 13.0. The van der Waals surface area contributed by atoms with Crippen LogP contribution < -0.4 is 15.2 Å². The molecule has 0 bridgehead atoms. The van der Waals surface area contributed by atoms with E-state index in [-0.39, 0.29) is 33.4 Å². The number of hydrogen-bond donors (Lipinski definition) is 2.